The third kappa shape index (κ3) is 5.45. The highest BCUT2D eigenvalue weighted by molar-refractivity contribution is 5.80. The van der Waals surface area contributed by atoms with E-state index in [-0.39, 0.29) is 5.97 Å². The van der Waals surface area contributed by atoms with E-state index < -0.39 is 5.60 Å². The van der Waals surface area contributed by atoms with E-state index in [0.29, 0.717) is 13.0 Å². The number of ether oxygens (including phenoxy) is 1. The second kappa shape index (κ2) is 8.61. The maximum Gasteiger partial charge on any atom is 0.306 e. The van der Waals surface area contributed by atoms with E-state index >= 15 is 0 Å². The molecule has 3 aromatic rings. The number of aromatic nitrogens is 3. The van der Waals surface area contributed by atoms with Crippen molar-refractivity contribution in [3.05, 3.63) is 54.2 Å². The van der Waals surface area contributed by atoms with Crippen LogP contribution in [0.2, 0.25) is 0 Å². The Kier molecular flexibility index (Phi) is 6.19. The van der Waals surface area contributed by atoms with Crippen LogP contribution >= 0.6 is 0 Å². The maximum absolute atomic E-state index is 11.8. The molecular weight excluding hydrogens is 352 g/mol. The number of hydrogen-bond donors (Lipinski definition) is 1. The van der Waals surface area contributed by atoms with Gasteiger partial charge in [-0.15, -0.1) is 0 Å². The molecule has 28 heavy (non-hydrogen) atoms. The Morgan fingerprint density at radius 1 is 1.21 bits per heavy atom. The summed E-state index contributed by atoms with van der Waals surface area (Å²) in [6.07, 6.45) is 8.21. The summed E-state index contributed by atoms with van der Waals surface area (Å²) in [5.41, 5.74) is 8.68. The Labute approximate surface area is 166 Å². The smallest absolute Gasteiger partial charge is 0.306 e. The second-order valence-corrected chi connectivity index (χ2v) is 8.19. The van der Waals surface area contributed by atoms with Crippen molar-refractivity contribution >= 4 is 16.9 Å². The number of esters is 1. The van der Waals surface area contributed by atoms with Gasteiger partial charge in [-0.3, -0.25) is 4.79 Å². The van der Waals surface area contributed by atoms with Crippen molar-refractivity contribution in [1.29, 1.82) is 0 Å². The summed E-state index contributed by atoms with van der Waals surface area (Å²) in [6.45, 7) is 7.79. The fourth-order valence-electron chi connectivity index (χ4n) is 3.24. The Balaban J connectivity index is 1.51. The van der Waals surface area contributed by atoms with Crippen molar-refractivity contribution in [3.63, 3.8) is 0 Å². The molecule has 2 heterocycles. The maximum atomic E-state index is 11.8. The predicted molar refractivity (Wildman–Crippen MR) is 111 cm³/mol. The lowest BCUT2D eigenvalue weighted by atomic mass is 10.1. The number of rotatable bonds is 8. The van der Waals surface area contributed by atoms with E-state index in [4.69, 9.17) is 10.5 Å². The molecule has 1 aromatic carbocycles. The zero-order valence-electron chi connectivity index (χ0n) is 17.0. The average molecular weight is 383 g/mol. The molecule has 0 amide bonds. The topological polar surface area (TPSA) is 75.1 Å². The van der Waals surface area contributed by atoms with E-state index in [1.54, 1.807) is 0 Å². The van der Waals surface area contributed by atoms with E-state index in [9.17, 15) is 4.79 Å². The summed E-state index contributed by atoms with van der Waals surface area (Å²) in [7, 11) is 0. The van der Waals surface area contributed by atoms with Crippen molar-refractivity contribution in [1.82, 2.24) is 14.1 Å². The summed E-state index contributed by atoms with van der Waals surface area (Å²) in [5, 5.41) is 1.21. The number of benzene rings is 1. The third-order valence-electron chi connectivity index (χ3n) is 4.56. The average Bonchev–Trinajstić information content (AvgIpc) is 3.24. The molecule has 0 fully saturated rings. The molecule has 0 spiro atoms. The van der Waals surface area contributed by atoms with Crippen molar-refractivity contribution in [2.45, 2.75) is 65.3 Å². The highest BCUT2D eigenvalue weighted by Gasteiger charge is 2.15. The van der Waals surface area contributed by atoms with E-state index in [1.807, 2.05) is 27.1 Å². The Morgan fingerprint density at radius 2 is 2.04 bits per heavy atom. The Hall–Kier alpha value is -2.60. The summed E-state index contributed by atoms with van der Waals surface area (Å²) >= 11 is 0. The number of fused-ring (bicyclic) bond motifs is 1. The number of nitrogens with two attached hydrogens (primary N) is 1. The van der Waals surface area contributed by atoms with Gasteiger partial charge < -0.3 is 19.6 Å². The molecule has 0 atom stereocenters. The van der Waals surface area contributed by atoms with Gasteiger partial charge >= 0.3 is 5.97 Å². The third-order valence-corrected chi connectivity index (χ3v) is 4.56. The quantitative estimate of drug-likeness (QED) is 0.474. The molecule has 0 aliphatic heterocycles. The van der Waals surface area contributed by atoms with E-state index in [2.05, 4.69) is 50.8 Å². The molecule has 6 heteroatoms. The van der Waals surface area contributed by atoms with Gasteiger partial charge in [0.05, 0.1) is 18.6 Å². The van der Waals surface area contributed by atoms with Gasteiger partial charge in [-0.1, -0.05) is 12.1 Å². The van der Waals surface area contributed by atoms with Gasteiger partial charge in [-0.2, -0.15) is 0 Å². The molecule has 0 aliphatic carbocycles. The highest BCUT2D eigenvalue weighted by Crippen LogP contribution is 2.19. The summed E-state index contributed by atoms with van der Waals surface area (Å²) in [5.74, 6) is -0.129. The SMILES string of the molecule is CC(C)(C)OC(=O)CCCCn1cnc(Cn2ccc3ccc(CN)cc32)c1. The molecule has 0 radical (unpaired) electrons. The first-order chi connectivity index (χ1) is 13.3. The molecule has 0 aliphatic rings. The van der Waals surface area contributed by atoms with Crippen molar-refractivity contribution in [2.75, 3.05) is 0 Å². The Bertz CT molecular complexity index is 934. The van der Waals surface area contributed by atoms with Crippen LogP contribution in [0.5, 0.6) is 0 Å². The number of imidazole rings is 1. The molecular formula is C22H30N4O2. The van der Waals surface area contributed by atoms with Crippen LogP contribution in [-0.2, 0) is 29.2 Å². The number of carbonyl (C=O) groups is 1. The highest BCUT2D eigenvalue weighted by atomic mass is 16.6. The molecule has 0 saturated carbocycles. The fraction of sp³-hybridized carbons (Fsp3) is 0.455. The van der Waals surface area contributed by atoms with Crippen molar-refractivity contribution in [3.8, 4) is 0 Å². The molecule has 0 unspecified atom stereocenters. The van der Waals surface area contributed by atoms with Crippen LogP contribution in [0, 0.1) is 0 Å². The summed E-state index contributed by atoms with van der Waals surface area (Å²) in [4.78, 5) is 16.3. The van der Waals surface area contributed by atoms with Gasteiger partial charge in [-0.25, -0.2) is 4.98 Å². The van der Waals surface area contributed by atoms with Crippen LogP contribution in [-0.4, -0.2) is 25.7 Å². The lowest BCUT2D eigenvalue weighted by Crippen LogP contribution is -2.23. The lowest BCUT2D eigenvalue weighted by Gasteiger charge is -2.19. The minimum Gasteiger partial charge on any atom is -0.460 e. The number of nitrogens with zero attached hydrogens (tertiary/aromatic N) is 3. The second-order valence-electron chi connectivity index (χ2n) is 8.19. The lowest BCUT2D eigenvalue weighted by molar-refractivity contribution is -0.154. The minimum absolute atomic E-state index is 0.129. The van der Waals surface area contributed by atoms with Crippen LogP contribution in [0.25, 0.3) is 10.9 Å². The first kappa shape index (κ1) is 20.1. The van der Waals surface area contributed by atoms with Crippen molar-refractivity contribution < 1.29 is 9.53 Å². The van der Waals surface area contributed by atoms with Crippen molar-refractivity contribution in [2.24, 2.45) is 5.73 Å². The molecule has 2 N–H and O–H groups in total. The molecule has 150 valence electrons. The first-order valence-electron chi connectivity index (χ1n) is 9.84. The van der Waals surface area contributed by atoms with Gasteiger partial charge in [0.15, 0.2) is 0 Å². The molecule has 6 nitrogen and oxygen atoms in total. The minimum atomic E-state index is -0.413. The van der Waals surface area contributed by atoms with Crippen LogP contribution in [0.4, 0.5) is 0 Å². The fourth-order valence-corrected chi connectivity index (χ4v) is 3.24. The summed E-state index contributed by atoms with van der Waals surface area (Å²) < 4.78 is 9.62. The van der Waals surface area contributed by atoms with Gasteiger partial charge in [-0.05, 0) is 56.7 Å². The molecule has 0 bridgehead atoms. The van der Waals surface area contributed by atoms with Gasteiger partial charge in [0, 0.05) is 37.4 Å². The van der Waals surface area contributed by atoms with Gasteiger partial charge in [0.25, 0.3) is 0 Å². The first-order valence-corrected chi connectivity index (χ1v) is 9.84. The predicted octanol–water partition coefficient (Wildman–Crippen LogP) is 3.86. The number of unbranched alkanes of at least 4 members (excludes halogenated alkanes) is 1. The molecule has 0 saturated heterocycles. The number of hydrogen-bond acceptors (Lipinski definition) is 4. The summed E-state index contributed by atoms with van der Waals surface area (Å²) in [6, 6.07) is 8.43. The normalized spacial score (nSPS) is 11.9. The van der Waals surface area contributed by atoms with Gasteiger partial charge in [0.2, 0.25) is 0 Å². The monoisotopic (exact) mass is 382 g/mol. The standard InChI is InChI=1S/C22H30N4O2/c1-22(2,3)28-21(27)6-4-5-10-25-14-19(24-16-25)15-26-11-9-18-8-7-17(13-23)12-20(18)26/h7-9,11-12,14,16H,4-6,10,13,15,23H2,1-3H3. The zero-order chi connectivity index (χ0) is 20.1. The van der Waals surface area contributed by atoms with E-state index in [1.165, 1.54) is 10.9 Å². The zero-order valence-corrected chi connectivity index (χ0v) is 17.0. The van der Waals surface area contributed by atoms with Crippen LogP contribution in [0.3, 0.4) is 0 Å². The molecule has 2 aromatic heterocycles. The van der Waals surface area contributed by atoms with Gasteiger partial charge in [0.1, 0.15) is 5.60 Å². The molecule has 3 rings (SSSR count). The van der Waals surface area contributed by atoms with Crippen LogP contribution < -0.4 is 5.73 Å². The number of carbonyl (C=O) groups excluding carboxylic acids is 1. The number of aryl methyl sites for hydroxylation is 1. The largest absolute Gasteiger partial charge is 0.460 e. The van der Waals surface area contributed by atoms with E-state index in [0.717, 1.165) is 37.2 Å². The Morgan fingerprint density at radius 3 is 2.79 bits per heavy atom. The van der Waals surface area contributed by atoms with Crippen LogP contribution in [0.1, 0.15) is 51.3 Å². The van der Waals surface area contributed by atoms with Crippen LogP contribution in [0.15, 0.2) is 43.0 Å².